The number of para-hydroxylation sites is 1. The van der Waals surface area contributed by atoms with Gasteiger partial charge in [0.05, 0.1) is 6.21 Å². The Morgan fingerprint density at radius 3 is 3.00 bits per heavy atom. The lowest BCUT2D eigenvalue weighted by Crippen LogP contribution is -2.29. The predicted molar refractivity (Wildman–Crippen MR) is 72.8 cm³/mol. The van der Waals surface area contributed by atoms with Gasteiger partial charge in [-0.3, -0.25) is 0 Å². The number of hydrogen-bond donors (Lipinski definition) is 1. The van der Waals surface area contributed by atoms with Gasteiger partial charge in [-0.2, -0.15) is 5.10 Å². The molecule has 5 heteroatoms. The zero-order valence-corrected chi connectivity index (χ0v) is 10.5. The maximum Gasteiger partial charge on any atom is 0.185 e. The van der Waals surface area contributed by atoms with E-state index < -0.39 is 0 Å². The zero-order chi connectivity index (χ0) is 12.1. The lowest BCUT2D eigenvalue weighted by molar-refractivity contribution is 0.474. The SMILES string of the molecule is CN1CCCS/C1=N/N=C/c1ccccc1O. The van der Waals surface area contributed by atoms with Crippen LogP contribution in [0.25, 0.3) is 0 Å². The first-order valence-corrected chi connectivity index (χ1v) is 6.49. The molecule has 1 N–H and O–H groups in total. The van der Waals surface area contributed by atoms with E-state index in [1.54, 1.807) is 36.2 Å². The highest BCUT2D eigenvalue weighted by atomic mass is 32.2. The van der Waals surface area contributed by atoms with Crippen molar-refractivity contribution in [2.24, 2.45) is 10.2 Å². The van der Waals surface area contributed by atoms with Crippen molar-refractivity contribution >= 4 is 23.1 Å². The summed E-state index contributed by atoms with van der Waals surface area (Å²) < 4.78 is 0. The topological polar surface area (TPSA) is 48.2 Å². The second-order valence-electron chi connectivity index (χ2n) is 3.81. The fourth-order valence-electron chi connectivity index (χ4n) is 1.51. The summed E-state index contributed by atoms with van der Waals surface area (Å²) in [6.07, 6.45) is 2.76. The van der Waals surface area contributed by atoms with Gasteiger partial charge in [-0.1, -0.05) is 23.9 Å². The minimum absolute atomic E-state index is 0.223. The molecule has 1 saturated heterocycles. The number of hydrogen-bond acceptors (Lipinski definition) is 4. The Balaban J connectivity index is 2.06. The third-order valence-corrected chi connectivity index (χ3v) is 3.62. The molecule has 1 aliphatic rings. The van der Waals surface area contributed by atoms with Gasteiger partial charge >= 0.3 is 0 Å². The van der Waals surface area contributed by atoms with E-state index in [0.717, 1.165) is 17.5 Å². The monoisotopic (exact) mass is 249 g/mol. The van der Waals surface area contributed by atoms with Crippen LogP contribution in [0.3, 0.4) is 0 Å². The molecule has 1 aromatic carbocycles. The number of phenolic OH excluding ortho intramolecular Hbond substituents is 1. The second kappa shape index (κ2) is 5.72. The molecule has 1 aromatic rings. The highest BCUT2D eigenvalue weighted by Crippen LogP contribution is 2.16. The van der Waals surface area contributed by atoms with Crippen molar-refractivity contribution in [3.8, 4) is 5.75 Å². The number of phenols is 1. The molecule has 1 heterocycles. The molecule has 0 unspecified atom stereocenters. The molecule has 0 spiro atoms. The standard InChI is InChI=1S/C12H15N3OS/c1-15-7-4-8-17-12(15)14-13-9-10-5-2-3-6-11(10)16/h2-3,5-6,9,16H,4,7-8H2,1H3/b13-9+,14-12+. The summed E-state index contributed by atoms with van der Waals surface area (Å²) in [4.78, 5) is 2.09. The van der Waals surface area contributed by atoms with Crippen LogP contribution < -0.4 is 0 Å². The Hall–Kier alpha value is -1.49. The molecule has 1 fully saturated rings. The van der Waals surface area contributed by atoms with Crippen molar-refractivity contribution in [3.05, 3.63) is 29.8 Å². The maximum atomic E-state index is 9.54. The number of benzene rings is 1. The van der Waals surface area contributed by atoms with Crippen LogP contribution in [0.2, 0.25) is 0 Å². The lowest BCUT2D eigenvalue weighted by atomic mass is 10.2. The Morgan fingerprint density at radius 1 is 1.41 bits per heavy atom. The highest BCUT2D eigenvalue weighted by molar-refractivity contribution is 8.13. The summed E-state index contributed by atoms with van der Waals surface area (Å²) in [5, 5.41) is 18.7. The first-order chi connectivity index (χ1) is 8.27. The van der Waals surface area contributed by atoms with Gasteiger partial charge in [-0.05, 0) is 18.6 Å². The predicted octanol–water partition coefficient (Wildman–Crippen LogP) is 2.15. The van der Waals surface area contributed by atoms with E-state index in [0.29, 0.717) is 5.56 Å². The first kappa shape index (κ1) is 12.0. The van der Waals surface area contributed by atoms with Crippen molar-refractivity contribution in [1.29, 1.82) is 0 Å². The number of amidine groups is 1. The van der Waals surface area contributed by atoms with E-state index in [-0.39, 0.29) is 5.75 Å². The summed E-state index contributed by atoms with van der Waals surface area (Å²) in [6, 6.07) is 7.08. The van der Waals surface area contributed by atoms with Crippen LogP contribution in [-0.2, 0) is 0 Å². The van der Waals surface area contributed by atoms with Gasteiger partial charge in [0.2, 0.25) is 0 Å². The van der Waals surface area contributed by atoms with Crippen LogP contribution >= 0.6 is 11.8 Å². The molecule has 17 heavy (non-hydrogen) atoms. The quantitative estimate of drug-likeness (QED) is 0.645. The Labute approximate surface area is 105 Å². The summed E-state index contributed by atoms with van der Waals surface area (Å²) in [5.41, 5.74) is 0.681. The van der Waals surface area contributed by atoms with Gasteiger partial charge in [0, 0.05) is 24.9 Å². The van der Waals surface area contributed by atoms with E-state index >= 15 is 0 Å². The third-order valence-electron chi connectivity index (χ3n) is 2.47. The van der Waals surface area contributed by atoms with Gasteiger partial charge in [0.15, 0.2) is 5.17 Å². The second-order valence-corrected chi connectivity index (χ2v) is 4.87. The van der Waals surface area contributed by atoms with Crippen LogP contribution in [0, 0.1) is 0 Å². The van der Waals surface area contributed by atoms with Crippen LogP contribution in [0.5, 0.6) is 5.75 Å². The van der Waals surface area contributed by atoms with Gasteiger partial charge in [-0.25, -0.2) is 0 Å². The summed E-state index contributed by atoms with van der Waals surface area (Å²) >= 11 is 1.71. The summed E-state index contributed by atoms with van der Waals surface area (Å²) in [7, 11) is 2.01. The van der Waals surface area contributed by atoms with Gasteiger partial charge in [0.1, 0.15) is 5.75 Å². The molecular weight excluding hydrogens is 234 g/mol. The molecule has 0 aromatic heterocycles. The summed E-state index contributed by atoms with van der Waals surface area (Å²) in [5.74, 6) is 1.32. The van der Waals surface area contributed by atoms with Crippen LogP contribution in [0.1, 0.15) is 12.0 Å². The van der Waals surface area contributed by atoms with Crippen molar-refractivity contribution in [3.63, 3.8) is 0 Å². The van der Waals surface area contributed by atoms with Gasteiger partial charge in [-0.15, -0.1) is 5.10 Å². The fraction of sp³-hybridized carbons (Fsp3) is 0.333. The smallest absolute Gasteiger partial charge is 0.185 e. The fourth-order valence-corrected chi connectivity index (χ4v) is 2.39. The zero-order valence-electron chi connectivity index (χ0n) is 9.71. The van der Waals surface area contributed by atoms with Crippen molar-refractivity contribution in [2.45, 2.75) is 6.42 Å². The third kappa shape index (κ3) is 3.23. The van der Waals surface area contributed by atoms with Crippen LogP contribution in [0.4, 0.5) is 0 Å². The molecule has 0 aliphatic carbocycles. The highest BCUT2D eigenvalue weighted by Gasteiger charge is 2.12. The molecule has 90 valence electrons. The van der Waals surface area contributed by atoms with E-state index in [9.17, 15) is 5.11 Å². The van der Waals surface area contributed by atoms with Gasteiger partial charge in [0.25, 0.3) is 0 Å². The van der Waals surface area contributed by atoms with E-state index in [1.807, 2.05) is 13.1 Å². The number of thioether (sulfide) groups is 1. The van der Waals surface area contributed by atoms with Crippen LogP contribution in [-0.4, -0.2) is 40.7 Å². The molecule has 0 radical (unpaired) electrons. The van der Waals surface area contributed by atoms with Crippen molar-refractivity contribution < 1.29 is 5.11 Å². The van der Waals surface area contributed by atoms with Crippen molar-refractivity contribution in [2.75, 3.05) is 19.3 Å². The normalized spacial score (nSPS) is 19.1. The van der Waals surface area contributed by atoms with Gasteiger partial charge < -0.3 is 10.0 Å². The Morgan fingerprint density at radius 2 is 2.24 bits per heavy atom. The molecule has 2 rings (SSSR count). The Bertz CT molecular complexity index is 445. The molecule has 0 bridgehead atoms. The first-order valence-electron chi connectivity index (χ1n) is 5.50. The lowest BCUT2D eigenvalue weighted by Gasteiger charge is -2.23. The minimum Gasteiger partial charge on any atom is -0.507 e. The molecule has 4 nitrogen and oxygen atoms in total. The molecule has 0 amide bonds. The minimum atomic E-state index is 0.223. The maximum absolute atomic E-state index is 9.54. The molecule has 1 aliphatic heterocycles. The number of rotatable bonds is 2. The average molecular weight is 249 g/mol. The van der Waals surface area contributed by atoms with Crippen LogP contribution in [0.15, 0.2) is 34.5 Å². The Kier molecular flexibility index (Phi) is 4.03. The van der Waals surface area contributed by atoms with Crippen molar-refractivity contribution in [1.82, 2.24) is 4.90 Å². The molecular formula is C12H15N3OS. The van der Waals surface area contributed by atoms with E-state index in [4.69, 9.17) is 0 Å². The number of nitrogens with zero attached hydrogens (tertiary/aromatic N) is 3. The van der Waals surface area contributed by atoms with E-state index in [1.165, 1.54) is 6.42 Å². The summed E-state index contributed by atoms with van der Waals surface area (Å²) in [6.45, 7) is 1.03. The largest absolute Gasteiger partial charge is 0.507 e. The average Bonchev–Trinajstić information content (AvgIpc) is 2.34. The van der Waals surface area contributed by atoms with E-state index in [2.05, 4.69) is 15.1 Å². The molecule has 0 atom stereocenters. The number of aromatic hydroxyl groups is 1. The molecule has 0 saturated carbocycles.